The van der Waals surface area contributed by atoms with Gasteiger partial charge in [0.2, 0.25) is 5.91 Å². The summed E-state index contributed by atoms with van der Waals surface area (Å²) in [5.41, 5.74) is 0.793. The minimum absolute atomic E-state index is 0.0121. The molecule has 0 unspecified atom stereocenters. The van der Waals surface area contributed by atoms with Crippen LogP contribution in [0.2, 0.25) is 0 Å². The molecule has 6 heteroatoms. The van der Waals surface area contributed by atoms with Gasteiger partial charge < -0.3 is 19.0 Å². The molecule has 6 nitrogen and oxygen atoms in total. The van der Waals surface area contributed by atoms with Crippen molar-refractivity contribution in [2.75, 3.05) is 32.8 Å². The molecule has 3 heterocycles. The highest BCUT2D eigenvalue weighted by Gasteiger charge is 2.29. The van der Waals surface area contributed by atoms with Crippen LogP contribution in [0.5, 0.6) is 0 Å². The molecule has 3 rings (SSSR count). The molecule has 2 fully saturated rings. The maximum atomic E-state index is 12.8. The molecule has 0 radical (unpaired) electrons. The van der Waals surface area contributed by atoms with E-state index in [2.05, 4.69) is 0 Å². The molecule has 0 saturated carbocycles. The molecule has 2 amide bonds. The second kappa shape index (κ2) is 7.17. The lowest BCUT2D eigenvalue weighted by molar-refractivity contribution is -0.131. The Kier molecular flexibility index (Phi) is 5.00. The number of carbonyl (C=O) groups is 2. The maximum absolute atomic E-state index is 12.8. The molecule has 0 bridgehead atoms. The van der Waals surface area contributed by atoms with Gasteiger partial charge in [-0.2, -0.15) is 0 Å². The number of furan rings is 1. The van der Waals surface area contributed by atoms with Crippen LogP contribution >= 0.6 is 0 Å². The van der Waals surface area contributed by atoms with Gasteiger partial charge in [0.15, 0.2) is 5.76 Å². The molecule has 1 atom stereocenters. The zero-order chi connectivity index (χ0) is 16.2. The molecule has 0 N–H and O–H groups in total. The van der Waals surface area contributed by atoms with Crippen LogP contribution in [0, 0.1) is 6.92 Å². The Morgan fingerprint density at radius 3 is 2.70 bits per heavy atom. The second-order valence-corrected chi connectivity index (χ2v) is 6.34. The summed E-state index contributed by atoms with van der Waals surface area (Å²) in [6, 6.07) is 1.76. The van der Waals surface area contributed by atoms with Crippen LogP contribution in [0.15, 0.2) is 16.7 Å². The fourth-order valence-electron chi connectivity index (χ4n) is 3.22. The lowest BCUT2D eigenvalue weighted by atomic mass is 10.2. The fraction of sp³-hybridized carbons (Fsp3) is 0.647. The Morgan fingerprint density at radius 1 is 1.30 bits per heavy atom. The number of rotatable bonds is 5. The summed E-state index contributed by atoms with van der Waals surface area (Å²) in [5.74, 6) is 0.103. The molecule has 0 aromatic carbocycles. The van der Waals surface area contributed by atoms with Crippen molar-refractivity contribution in [2.24, 2.45) is 0 Å². The SMILES string of the molecule is Cc1ccoc1C(=O)N(CC(=O)N1CCCC1)C[C@H]1CCCO1. The number of carbonyl (C=O) groups excluding carboxylic acids is 2. The van der Waals surface area contributed by atoms with E-state index in [9.17, 15) is 9.59 Å². The van der Waals surface area contributed by atoms with Gasteiger partial charge in [-0.25, -0.2) is 0 Å². The van der Waals surface area contributed by atoms with E-state index in [0.717, 1.165) is 50.9 Å². The highest BCUT2D eigenvalue weighted by Crippen LogP contribution is 2.18. The molecule has 1 aromatic rings. The number of amides is 2. The molecular formula is C17H24N2O4. The van der Waals surface area contributed by atoms with Crippen molar-refractivity contribution >= 4 is 11.8 Å². The van der Waals surface area contributed by atoms with Gasteiger partial charge >= 0.3 is 0 Å². The normalized spacial score (nSPS) is 20.9. The maximum Gasteiger partial charge on any atom is 0.290 e. The Bertz CT molecular complexity index is 557. The van der Waals surface area contributed by atoms with Crippen LogP contribution in [0.3, 0.4) is 0 Å². The van der Waals surface area contributed by atoms with Gasteiger partial charge in [0.25, 0.3) is 5.91 Å². The fourth-order valence-corrected chi connectivity index (χ4v) is 3.22. The molecule has 0 aliphatic carbocycles. The van der Waals surface area contributed by atoms with Gasteiger partial charge in [-0.3, -0.25) is 9.59 Å². The molecule has 2 aliphatic heterocycles. The van der Waals surface area contributed by atoms with Crippen molar-refractivity contribution in [2.45, 2.75) is 38.7 Å². The first-order valence-corrected chi connectivity index (χ1v) is 8.38. The van der Waals surface area contributed by atoms with Crippen molar-refractivity contribution < 1.29 is 18.7 Å². The van der Waals surface area contributed by atoms with Crippen molar-refractivity contribution in [3.63, 3.8) is 0 Å². The number of aryl methyl sites for hydroxylation is 1. The van der Waals surface area contributed by atoms with Gasteiger partial charge in [0, 0.05) is 31.8 Å². The van der Waals surface area contributed by atoms with E-state index in [0.29, 0.717) is 12.3 Å². The van der Waals surface area contributed by atoms with Crippen molar-refractivity contribution in [3.8, 4) is 0 Å². The van der Waals surface area contributed by atoms with E-state index in [1.54, 1.807) is 11.0 Å². The minimum Gasteiger partial charge on any atom is -0.459 e. The van der Waals surface area contributed by atoms with Crippen molar-refractivity contribution in [1.82, 2.24) is 9.80 Å². The Labute approximate surface area is 136 Å². The number of hydrogen-bond donors (Lipinski definition) is 0. The van der Waals surface area contributed by atoms with Crippen molar-refractivity contribution in [3.05, 3.63) is 23.7 Å². The monoisotopic (exact) mass is 320 g/mol. The Hall–Kier alpha value is -1.82. The largest absolute Gasteiger partial charge is 0.459 e. The average Bonchev–Trinajstić information content (AvgIpc) is 3.28. The number of nitrogens with zero attached hydrogens (tertiary/aromatic N) is 2. The quantitative estimate of drug-likeness (QED) is 0.830. The van der Waals surface area contributed by atoms with Crippen LogP contribution in [-0.4, -0.2) is 60.5 Å². The Morgan fingerprint density at radius 2 is 2.09 bits per heavy atom. The summed E-state index contributed by atoms with van der Waals surface area (Å²) in [6.07, 6.45) is 5.55. The highest BCUT2D eigenvalue weighted by molar-refractivity contribution is 5.95. The number of hydrogen-bond acceptors (Lipinski definition) is 4. The number of likely N-dealkylation sites (tertiary alicyclic amines) is 1. The molecule has 126 valence electrons. The molecular weight excluding hydrogens is 296 g/mol. The zero-order valence-corrected chi connectivity index (χ0v) is 13.6. The highest BCUT2D eigenvalue weighted by atomic mass is 16.5. The van der Waals surface area contributed by atoms with Gasteiger partial charge in [-0.15, -0.1) is 0 Å². The topological polar surface area (TPSA) is 63.0 Å². The average molecular weight is 320 g/mol. The van der Waals surface area contributed by atoms with Gasteiger partial charge in [0.05, 0.1) is 12.4 Å². The van der Waals surface area contributed by atoms with Crippen LogP contribution in [-0.2, 0) is 9.53 Å². The van der Waals surface area contributed by atoms with E-state index in [1.807, 2.05) is 11.8 Å². The van der Waals surface area contributed by atoms with Gasteiger partial charge in [-0.1, -0.05) is 0 Å². The second-order valence-electron chi connectivity index (χ2n) is 6.34. The van der Waals surface area contributed by atoms with Crippen LogP contribution in [0.4, 0.5) is 0 Å². The van der Waals surface area contributed by atoms with Crippen LogP contribution in [0.25, 0.3) is 0 Å². The predicted molar refractivity (Wildman–Crippen MR) is 84.1 cm³/mol. The first-order chi connectivity index (χ1) is 11.1. The standard InChI is InChI=1S/C17H24N2O4/c1-13-6-10-23-16(13)17(21)19(11-14-5-4-9-22-14)12-15(20)18-7-2-3-8-18/h6,10,14H,2-5,7-9,11-12H2,1H3/t14-/m1/s1. The van der Waals surface area contributed by atoms with Crippen LogP contribution in [0.1, 0.15) is 41.8 Å². The third kappa shape index (κ3) is 3.75. The zero-order valence-electron chi connectivity index (χ0n) is 13.6. The summed E-state index contributed by atoms with van der Waals surface area (Å²) < 4.78 is 11.0. The smallest absolute Gasteiger partial charge is 0.290 e. The lowest BCUT2D eigenvalue weighted by Crippen LogP contribution is -2.45. The minimum atomic E-state index is -0.226. The summed E-state index contributed by atoms with van der Waals surface area (Å²) in [7, 11) is 0. The van der Waals surface area contributed by atoms with E-state index in [1.165, 1.54) is 6.26 Å². The summed E-state index contributed by atoms with van der Waals surface area (Å²) in [4.78, 5) is 28.6. The predicted octanol–water partition coefficient (Wildman–Crippen LogP) is 1.83. The molecule has 2 saturated heterocycles. The van der Waals surface area contributed by atoms with E-state index in [-0.39, 0.29) is 24.5 Å². The Balaban J connectivity index is 1.71. The summed E-state index contributed by atoms with van der Waals surface area (Å²) in [6.45, 7) is 4.69. The summed E-state index contributed by atoms with van der Waals surface area (Å²) in [5, 5.41) is 0. The van der Waals surface area contributed by atoms with Gasteiger partial charge in [-0.05, 0) is 38.7 Å². The third-order valence-electron chi connectivity index (χ3n) is 4.58. The molecule has 2 aliphatic rings. The molecule has 1 aromatic heterocycles. The molecule has 0 spiro atoms. The summed E-state index contributed by atoms with van der Waals surface area (Å²) >= 11 is 0. The first-order valence-electron chi connectivity index (χ1n) is 8.38. The van der Waals surface area contributed by atoms with Gasteiger partial charge in [0.1, 0.15) is 6.54 Å². The van der Waals surface area contributed by atoms with Crippen LogP contribution < -0.4 is 0 Å². The van der Waals surface area contributed by atoms with E-state index >= 15 is 0 Å². The third-order valence-corrected chi connectivity index (χ3v) is 4.58. The molecule has 23 heavy (non-hydrogen) atoms. The first kappa shape index (κ1) is 16.1. The number of ether oxygens (including phenoxy) is 1. The van der Waals surface area contributed by atoms with E-state index < -0.39 is 0 Å². The van der Waals surface area contributed by atoms with Crippen molar-refractivity contribution in [1.29, 1.82) is 0 Å². The van der Waals surface area contributed by atoms with E-state index in [4.69, 9.17) is 9.15 Å². The lowest BCUT2D eigenvalue weighted by Gasteiger charge is -2.26.